The largest absolute Gasteiger partial charge is 0.271 e. The lowest BCUT2D eigenvalue weighted by molar-refractivity contribution is 0.0955. The van der Waals surface area contributed by atoms with Crippen molar-refractivity contribution in [2.24, 2.45) is 5.10 Å². The van der Waals surface area contributed by atoms with E-state index in [0.717, 1.165) is 5.56 Å². The zero-order valence-corrected chi connectivity index (χ0v) is 11.0. The molecule has 0 saturated carbocycles. The lowest BCUT2D eigenvalue weighted by Crippen LogP contribution is -2.20. The van der Waals surface area contributed by atoms with Gasteiger partial charge < -0.3 is 0 Å². The molecule has 0 aromatic heterocycles. The van der Waals surface area contributed by atoms with E-state index in [1.54, 1.807) is 24.3 Å². The van der Waals surface area contributed by atoms with Gasteiger partial charge in [0, 0.05) is 5.56 Å². The average molecular weight is 273 g/mol. The summed E-state index contributed by atoms with van der Waals surface area (Å²) in [5, 5.41) is 4.07. The number of carbonyl (C=O) groups is 1. The number of halogens is 1. The van der Waals surface area contributed by atoms with E-state index in [-0.39, 0.29) is 11.8 Å². The van der Waals surface area contributed by atoms with E-state index >= 15 is 0 Å². The van der Waals surface area contributed by atoms with Crippen molar-refractivity contribution < 1.29 is 4.79 Å². The standard InChI is InChI=1S/C15H13ClN2O/c16-11-14(12-7-3-1-4-8-12)17-18-15(19)13-9-5-2-6-10-13/h1-10H,11H2,(H,18,19). The molecule has 0 heterocycles. The molecule has 0 aliphatic carbocycles. The van der Waals surface area contributed by atoms with E-state index < -0.39 is 0 Å². The van der Waals surface area contributed by atoms with Crippen molar-refractivity contribution in [3.8, 4) is 0 Å². The normalized spacial score (nSPS) is 11.1. The smallest absolute Gasteiger partial charge is 0.267 e. The summed E-state index contributed by atoms with van der Waals surface area (Å²) in [5.74, 6) is -0.0156. The molecule has 2 aromatic rings. The summed E-state index contributed by atoms with van der Waals surface area (Å²) >= 11 is 5.85. The zero-order chi connectivity index (χ0) is 13.5. The summed E-state index contributed by atoms with van der Waals surface area (Å²) in [6.45, 7) is 0. The number of hydrazone groups is 1. The highest BCUT2D eigenvalue weighted by Gasteiger charge is 2.05. The van der Waals surface area contributed by atoms with Gasteiger partial charge in [-0.05, 0) is 17.7 Å². The van der Waals surface area contributed by atoms with Gasteiger partial charge in [0.15, 0.2) is 0 Å². The highest BCUT2D eigenvalue weighted by molar-refractivity contribution is 6.31. The average Bonchev–Trinajstić information content (AvgIpc) is 2.49. The van der Waals surface area contributed by atoms with Gasteiger partial charge in [0.05, 0.1) is 11.6 Å². The number of benzene rings is 2. The van der Waals surface area contributed by atoms with Crippen LogP contribution in [0.25, 0.3) is 0 Å². The number of hydrogen-bond donors (Lipinski definition) is 1. The maximum absolute atomic E-state index is 11.8. The molecule has 0 fully saturated rings. The molecular formula is C15H13ClN2O. The van der Waals surface area contributed by atoms with Gasteiger partial charge in [0.1, 0.15) is 0 Å². The quantitative estimate of drug-likeness (QED) is 0.519. The SMILES string of the molecule is O=C(NN=C(CCl)c1ccccc1)c1ccccc1. The molecule has 0 unspecified atom stereocenters. The Morgan fingerprint density at radius 1 is 0.947 bits per heavy atom. The van der Waals surface area contributed by atoms with Gasteiger partial charge in [-0.1, -0.05) is 48.5 Å². The first-order chi connectivity index (χ1) is 9.31. The van der Waals surface area contributed by atoms with Crippen LogP contribution in [0.1, 0.15) is 15.9 Å². The Morgan fingerprint density at radius 3 is 2.00 bits per heavy atom. The van der Waals surface area contributed by atoms with Gasteiger partial charge in [0.25, 0.3) is 5.91 Å². The Kier molecular flexibility index (Phi) is 4.70. The predicted molar refractivity (Wildman–Crippen MR) is 77.6 cm³/mol. The second-order valence-electron chi connectivity index (χ2n) is 3.87. The van der Waals surface area contributed by atoms with Crippen LogP contribution in [0.4, 0.5) is 0 Å². The van der Waals surface area contributed by atoms with Crippen LogP contribution in [-0.2, 0) is 0 Å². The molecule has 3 nitrogen and oxygen atoms in total. The van der Waals surface area contributed by atoms with E-state index in [2.05, 4.69) is 10.5 Å². The fourth-order valence-electron chi connectivity index (χ4n) is 1.57. The summed E-state index contributed by atoms with van der Waals surface area (Å²) in [5.41, 5.74) is 4.60. The third-order valence-corrected chi connectivity index (χ3v) is 2.82. The Hall–Kier alpha value is -2.13. The molecule has 4 heteroatoms. The van der Waals surface area contributed by atoms with Crippen molar-refractivity contribution in [2.45, 2.75) is 0 Å². The maximum atomic E-state index is 11.8. The van der Waals surface area contributed by atoms with Gasteiger partial charge >= 0.3 is 0 Å². The number of nitrogens with one attached hydrogen (secondary N) is 1. The Balaban J connectivity index is 2.11. The zero-order valence-electron chi connectivity index (χ0n) is 10.2. The minimum Gasteiger partial charge on any atom is -0.267 e. The number of alkyl halides is 1. The molecule has 0 saturated heterocycles. The van der Waals surface area contributed by atoms with Gasteiger partial charge in [0.2, 0.25) is 0 Å². The van der Waals surface area contributed by atoms with Crippen molar-refractivity contribution in [3.05, 3.63) is 71.8 Å². The van der Waals surface area contributed by atoms with E-state index in [0.29, 0.717) is 11.3 Å². The fourth-order valence-corrected chi connectivity index (χ4v) is 1.79. The minimum atomic E-state index is -0.251. The molecule has 2 aromatic carbocycles. The van der Waals surface area contributed by atoms with E-state index in [1.165, 1.54) is 0 Å². The topological polar surface area (TPSA) is 41.5 Å². The highest BCUT2D eigenvalue weighted by Crippen LogP contribution is 2.03. The van der Waals surface area contributed by atoms with Crippen LogP contribution in [0.15, 0.2) is 65.8 Å². The van der Waals surface area contributed by atoms with Crippen LogP contribution in [0.3, 0.4) is 0 Å². The molecule has 0 aliphatic rings. The number of hydrogen-bond acceptors (Lipinski definition) is 2. The number of rotatable bonds is 4. The van der Waals surface area contributed by atoms with Gasteiger partial charge in [-0.15, -0.1) is 11.6 Å². The summed E-state index contributed by atoms with van der Waals surface area (Å²) < 4.78 is 0. The van der Waals surface area contributed by atoms with Crippen molar-refractivity contribution in [2.75, 3.05) is 5.88 Å². The number of nitrogens with zero attached hydrogens (tertiary/aromatic N) is 1. The predicted octanol–water partition coefficient (Wildman–Crippen LogP) is 3.06. The summed E-state index contributed by atoms with van der Waals surface area (Å²) in [6.07, 6.45) is 0. The van der Waals surface area contributed by atoms with E-state index in [9.17, 15) is 4.79 Å². The number of amides is 1. The van der Waals surface area contributed by atoms with Gasteiger partial charge in [-0.2, -0.15) is 5.10 Å². The molecule has 1 amide bonds. The molecular weight excluding hydrogens is 260 g/mol. The molecule has 1 N–H and O–H groups in total. The fraction of sp³-hybridized carbons (Fsp3) is 0.0667. The first-order valence-electron chi connectivity index (χ1n) is 5.84. The first-order valence-corrected chi connectivity index (χ1v) is 6.38. The molecule has 0 atom stereocenters. The second kappa shape index (κ2) is 6.71. The Morgan fingerprint density at radius 2 is 1.47 bits per heavy atom. The van der Waals surface area contributed by atoms with Crippen LogP contribution in [0, 0.1) is 0 Å². The lowest BCUT2D eigenvalue weighted by Gasteiger charge is -2.04. The summed E-state index contributed by atoms with van der Waals surface area (Å²) in [7, 11) is 0. The third kappa shape index (κ3) is 3.66. The summed E-state index contributed by atoms with van der Waals surface area (Å²) in [6, 6.07) is 18.4. The third-order valence-electron chi connectivity index (χ3n) is 2.56. The monoisotopic (exact) mass is 272 g/mol. The Labute approximate surface area is 116 Å². The van der Waals surface area contributed by atoms with Crippen LogP contribution >= 0.6 is 11.6 Å². The van der Waals surface area contributed by atoms with Crippen LogP contribution in [0.2, 0.25) is 0 Å². The Bertz CT molecular complexity index is 567. The van der Waals surface area contributed by atoms with Crippen LogP contribution < -0.4 is 5.43 Å². The molecule has 19 heavy (non-hydrogen) atoms. The van der Waals surface area contributed by atoms with Crippen molar-refractivity contribution in [3.63, 3.8) is 0 Å². The van der Waals surface area contributed by atoms with Crippen LogP contribution in [0.5, 0.6) is 0 Å². The first kappa shape index (κ1) is 13.3. The minimum absolute atomic E-state index is 0.235. The second-order valence-corrected chi connectivity index (χ2v) is 4.13. The van der Waals surface area contributed by atoms with Crippen molar-refractivity contribution >= 4 is 23.2 Å². The van der Waals surface area contributed by atoms with Crippen molar-refractivity contribution in [1.82, 2.24) is 5.43 Å². The highest BCUT2D eigenvalue weighted by atomic mass is 35.5. The molecule has 0 spiro atoms. The molecule has 2 rings (SSSR count). The molecule has 0 aliphatic heterocycles. The van der Waals surface area contributed by atoms with Gasteiger partial charge in [-0.25, -0.2) is 5.43 Å². The molecule has 0 bridgehead atoms. The van der Waals surface area contributed by atoms with Gasteiger partial charge in [-0.3, -0.25) is 4.79 Å². The molecule has 96 valence electrons. The van der Waals surface area contributed by atoms with E-state index in [1.807, 2.05) is 36.4 Å². The maximum Gasteiger partial charge on any atom is 0.271 e. The van der Waals surface area contributed by atoms with Crippen molar-refractivity contribution in [1.29, 1.82) is 0 Å². The number of carbonyl (C=O) groups excluding carboxylic acids is 1. The molecule has 0 radical (unpaired) electrons. The summed E-state index contributed by atoms with van der Waals surface area (Å²) in [4.78, 5) is 11.8. The van der Waals surface area contributed by atoms with Crippen LogP contribution in [-0.4, -0.2) is 17.5 Å². The lowest BCUT2D eigenvalue weighted by atomic mass is 10.1. The van der Waals surface area contributed by atoms with E-state index in [4.69, 9.17) is 11.6 Å².